The van der Waals surface area contributed by atoms with E-state index in [9.17, 15) is 5.21 Å². The number of nitrogens with zero attached hydrogens (tertiary/aromatic N) is 2. The standard InChI is InChI=1S/C16H16ClN3O/c1-10-2-7-14-15(16(10)18)13(19-21)8-9-20(14)12-5-3-11(17)4-6-12/h2-7,21H,8-9,18H2,1H3/b19-13+. The van der Waals surface area contributed by atoms with Gasteiger partial charge in [0.1, 0.15) is 0 Å². The second kappa shape index (κ2) is 5.30. The summed E-state index contributed by atoms with van der Waals surface area (Å²) in [6.45, 7) is 2.68. The molecule has 1 heterocycles. The van der Waals surface area contributed by atoms with Gasteiger partial charge in [-0.25, -0.2) is 0 Å². The third-order valence-electron chi connectivity index (χ3n) is 3.85. The topological polar surface area (TPSA) is 61.9 Å². The lowest BCUT2D eigenvalue weighted by Gasteiger charge is -2.32. The first-order chi connectivity index (χ1) is 10.1. The number of nitrogen functional groups attached to an aromatic ring is 1. The molecule has 4 nitrogen and oxygen atoms in total. The third kappa shape index (κ3) is 2.32. The van der Waals surface area contributed by atoms with Crippen molar-refractivity contribution in [1.29, 1.82) is 0 Å². The highest BCUT2D eigenvalue weighted by Gasteiger charge is 2.26. The average molecular weight is 302 g/mol. The van der Waals surface area contributed by atoms with Crippen LogP contribution in [0.5, 0.6) is 0 Å². The zero-order chi connectivity index (χ0) is 15.0. The van der Waals surface area contributed by atoms with Gasteiger partial charge in [-0.1, -0.05) is 22.8 Å². The van der Waals surface area contributed by atoms with Gasteiger partial charge in [0.2, 0.25) is 0 Å². The van der Waals surface area contributed by atoms with E-state index in [1.54, 1.807) is 0 Å². The summed E-state index contributed by atoms with van der Waals surface area (Å²) in [4.78, 5) is 2.16. The van der Waals surface area contributed by atoms with Gasteiger partial charge in [-0.2, -0.15) is 0 Å². The highest BCUT2D eigenvalue weighted by molar-refractivity contribution is 6.30. The Morgan fingerprint density at radius 2 is 1.90 bits per heavy atom. The van der Waals surface area contributed by atoms with Crippen molar-refractivity contribution in [2.24, 2.45) is 5.16 Å². The Morgan fingerprint density at radius 1 is 1.19 bits per heavy atom. The normalized spacial score (nSPS) is 16.1. The highest BCUT2D eigenvalue weighted by Crippen LogP contribution is 2.38. The van der Waals surface area contributed by atoms with Crippen LogP contribution in [0.3, 0.4) is 0 Å². The molecule has 108 valence electrons. The van der Waals surface area contributed by atoms with Gasteiger partial charge in [-0.15, -0.1) is 0 Å². The lowest BCUT2D eigenvalue weighted by molar-refractivity contribution is 0.318. The number of nitrogens with two attached hydrogens (primary N) is 1. The van der Waals surface area contributed by atoms with Crippen LogP contribution in [0.25, 0.3) is 0 Å². The number of oxime groups is 1. The summed E-state index contributed by atoms with van der Waals surface area (Å²) in [5.74, 6) is 0. The predicted molar refractivity (Wildman–Crippen MR) is 87.0 cm³/mol. The molecule has 0 bridgehead atoms. The minimum absolute atomic E-state index is 0.636. The molecule has 0 saturated carbocycles. The molecule has 3 N–H and O–H groups in total. The second-order valence-electron chi connectivity index (χ2n) is 5.12. The van der Waals surface area contributed by atoms with E-state index < -0.39 is 0 Å². The molecule has 0 fully saturated rings. The van der Waals surface area contributed by atoms with Gasteiger partial charge in [0, 0.05) is 34.9 Å². The number of fused-ring (bicyclic) bond motifs is 1. The van der Waals surface area contributed by atoms with Crippen LogP contribution >= 0.6 is 11.6 Å². The highest BCUT2D eigenvalue weighted by atomic mass is 35.5. The molecule has 0 atom stereocenters. The van der Waals surface area contributed by atoms with E-state index in [0.717, 1.165) is 29.0 Å². The van der Waals surface area contributed by atoms with Crippen molar-refractivity contribution in [3.63, 3.8) is 0 Å². The summed E-state index contributed by atoms with van der Waals surface area (Å²) >= 11 is 5.95. The van der Waals surface area contributed by atoms with Crippen LogP contribution in [-0.4, -0.2) is 17.5 Å². The minimum Gasteiger partial charge on any atom is -0.411 e. The Hall–Kier alpha value is -2.20. The van der Waals surface area contributed by atoms with Crippen LogP contribution in [0.15, 0.2) is 41.6 Å². The van der Waals surface area contributed by atoms with Crippen molar-refractivity contribution in [2.75, 3.05) is 17.2 Å². The van der Waals surface area contributed by atoms with Crippen LogP contribution < -0.4 is 10.6 Å². The zero-order valence-corrected chi connectivity index (χ0v) is 12.4. The summed E-state index contributed by atoms with van der Waals surface area (Å²) in [6, 6.07) is 11.7. The lowest BCUT2D eigenvalue weighted by Crippen LogP contribution is -2.29. The van der Waals surface area contributed by atoms with Crippen LogP contribution in [-0.2, 0) is 0 Å². The molecule has 5 heteroatoms. The van der Waals surface area contributed by atoms with E-state index in [1.165, 1.54) is 0 Å². The summed E-state index contributed by atoms with van der Waals surface area (Å²) in [5, 5.41) is 13.4. The monoisotopic (exact) mass is 301 g/mol. The predicted octanol–water partition coefficient (Wildman–Crippen LogP) is 3.95. The zero-order valence-electron chi connectivity index (χ0n) is 11.7. The quantitative estimate of drug-likeness (QED) is 0.476. The Kier molecular flexibility index (Phi) is 3.47. The molecule has 0 aromatic heterocycles. The van der Waals surface area contributed by atoms with E-state index in [0.29, 0.717) is 22.8 Å². The first-order valence-corrected chi connectivity index (χ1v) is 7.13. The summed E-state index contributed by atoms with van der Waals surface area (Å²) in [7, 11) is 0. The van der Waals surface area contributed by atoms with Crippen molar-refractivity contribution >= 4 is 34.4 Å². The van der Waals surface area contributed by atoms with Crippen molar-refractivity contribution in [3.05, 3.63) is 52.5 Å². The van der Waals surface area contributed by atoms with Gasteiger partial charge in [0.15, 0.2) is 0 Å². The number of hydrogen-bond donors (Lipinski definition) is 2. The Bertz CT molecular complexity index is 710. The molecule has 2 aromatic carbocycles. The van der Waals surface area contributed by atoms with Crippen molar-refractivity contribution < 1.29 is 5.21 Å². The second-order valence-corrected chi connectivity index (χ2v) is 5.55. The maximum Gasteiger partial charge on any atom is 0.0927 e. The van der Waals surface area contributed by atoms with Crippen LogP contribution in [0.4, 0.5) is 17.1 Å². The minimum atomic E-state index is 0.636. The van der Waals surface area contributed by atoms with Gasteiger partial charge in [-0.3, -0.25) is 0 Å². The van der Waals surface area contributed by atoms with Crippen molar-refractivity contribution in [2.45, 2.75) is 13.3 Å². The van der Waals surface area contributed by atoms with E-state index in [2.05, 4.69) is 10.1 Å². The first-order valence-electron chi connectivity index (χ1n) is 6.75. The van der Waals surface area contributed by atoms with Crippen LogP contribution in [0.1, 0.15) is 17.5 Å². The van der Waals surface area contributed by atoms with Crippen LogP contribution in [0.2, 0.25) is 5.02 Å². The fourth-order valence-corrected chi connectivity index (χ4v) is 2.82. The molecule has 2 aromatic rings. The van der Waals surface area contributed by atoms with E-state index >= 15 is 0 Å². The molecule has 0 spiro atoms. The molecule has 3 rings (SSSR count). The number of anilines is 3. The number of hydrogen-bond acceptors (Lipinski definition) is 4. The maximum absolute atomic E-state index is 9.24. The molecule has 0 aliphatic carbocycles. The lowest BCUT2D eigenvalue weighted by atomic mass is 9.95. The SMILES string of the molecule is Cc1ccc2c(c1N)/C(=N/O)CCN2c1ccc(Cl)cc1. The van der Waals surface area contributed by atoms with Gasteiger partial charge in [-0.05, 0) is 42.8 Å². The largest absolute Gasteiger partial charge is 0.411 e. The van der Waals surface area contributed by atoms with E-state index in [-0.39, 0.29) is 0 Å². The Labute approximate surface area is 128 Å². The summed E-state index contributed by atoms with van der Waals surface area (Å²) in [5.41, 5.74) is 11.3. The number of rotatable bonds is 1. The van der Waals surface area contributed by atoms with Gasteiger partial charge < -0.3 is 15.8 Å². The Balaban J connectivity index is 2.16. The first kappa shape index (κ1) is 13.8. The number of aryl methyl sites for hydroxylation is 1. The molecule has 0 unspecified atom stereocenters. The van der Waals surface area contributed by atoms with E-state index in [1.807, 2.05) is 43.3 Å². The fourth-order valence-electron chi connectivity index (χ4n) is 2.69. The fraction of sp³-hybridized carbons (Fsp3) is 0.188. The molecular weight excluding hydrogens is 286 g/mol. The maximum atomic E-state index is 9.24. The molecule has 21 heavy (non-hydrogen) atoms. The smallest absolute Gasteiger partial charge is 0.0927 e. The Morgan fingerprint density at radius 3 is 2.57 bits per heavy atom. The molecule has 1 aliphatic heterocycles. The molecule has 0 amide bonds. The molecule has 1 aliphatic rings. The summed E-state index contributed by atoms with van der Waals surface area (Å²) in [6.07, 6.45) is 0.639. The number of halogens is 1. The van der Waals surface area contributed by atoms with Gasteiger partial charge in [0.25, 0.3) is 0 Å². The van der Waals surface area contributed by atoms with Gasteiger partial charge in [0.05, 0.1) is 11.4 Å². The number of benzene rings is 2. The van der Waals surface area contributed by atoms with Crippen molar-refractivity contribution in [1.82, 2.24) is 0 Å². The van der Waals surface area contributed by atoms with E-state index in [4.69, 9.17) is 17.3 Å². The molecular formula is C16H16ClN3O. The molecule has 0 saturated heterocycles. The average Bonchev–Trinajstić information content (AvgIpc) is 2.51. The third-order valence-corrected chi connectivity index (χ3v) is 4.10. The van der Waals surface area contributed by atoms with Gasteiger partial charge >= 0.3 is 0 Å². The molecule has 0 radical (unpaired) electrons. The summed E-state index contributed by atoms with van der Waals surface area (Å²) < 4.78 is 0. The van der Waals surface area contributed by atoms with Crippen LogP contribution in [0, 0.1) is 6.92 Å². The van der Waals surface area contributed by atoms with Crippen molar-refractivity contribution in [3.8, 4) is 0 Å².